The highest BCUT2D eigenvalue weighted by Crippen LogP contribution is 2.22. The van der Waals surface area contributed by atoms with E-state index in [0.29, 0.717) is 5.88 Å². The maximum atomic E-state index is 5.76. The number of hydrogen-bond donors (Lipinski definition) is 1. The first-order valence-electron chi connectivity index (χ1n) is 6.89. The average Bonchev–Trinajstić information content (AvgIpc) is 2.48. The van der Waals surface area contributed by atoms with Crippen molar-refractivity contribution in [3.63, 3.8) is 0 Å². The van der Waals surface area contributed by atoms with Crippen LogP contribution in [-0.2, 0) is 13.0 Å². The minimum atomic E-state index is 0.491. The smallest absolute Gasteiger partial charge is 0.237 e. The molecule has 0 saturated heterocycles. The van der Waals surface area contributed by atoms with E-state index in [9.17, 15) is 0 Å². The molecule has 106 valence electrons. The van der Waals surface area contributed by atoms with Crippen LogP contribution in [0, 0.1) is 6.92 Å². The summed E-state index contributed by atoms with van der Waals surface area (Å²) in [5, 5.41) is 3.20. The number of rotatable bonds is 6. The van der Waals surface area contributed by atoms with Crippen LogP contribution in [0.25, 0.3) is 0 Å². The summed E-state index contributed by atoms with van der Waals surface area (Å²) in [6, 6.07) is 3.86. The highest BCUT2D eigenvalue weighted by Gasteiger charge is 2.06. The van der Waals surface area contributed by atoms with Gasteiger partial charge in [0, 0.05) is 12.2 Å². The molecule has 0 aliphatic rings. The van der Waals surface area contributed by atoms with E-state index < -0.39 is 0 Å². The van der Waals surface area contributed by atoms with Crippen LogP contribution in [0.5, 0.6) is 11.6 Å². The zero-order chi connectivity index (χ0) is 14.4. The Balaban J connectivity index is 2.10. The Labute approximate surface area is 119 Å². The van der Waals surface area contributed by atoms with Crippen LogP contribution >= 0.6 is 0 Å². The lowest BCUT2D eigenvalue weighted by Gasteiger charge is -2.09. The van der Waals surface area contributed by atoms with Gasteiger partial charge < -0.3 is 10.1 Å². The monoisotopic (exact) mass is 272 g/mol. The number of nitrogens with zero attached hydrogens (tertiary/aromatic N) is 3. The molecular formula is C15H20N4O. The van der Waals surface area contributed by atoms with Gasteiger partial charge in [-0.1, -0.05) is 13.8 Å². The van der Waals surface area contributed by atoms with E-state index in [0.717, 1.165) is 42.3 Å². The molecule has 1 N–H and O–H groups in total. The molecule has 0 unspecified atom stereocenters. The molecule has 0 aliphatic heterocycles. The van der Waals surface area contributed by atoms with Gasteiger partial charge in [-0.05, 0) is 32.0 Å². The summed E-state index contributed by atoms with van der Waals surface area (Å²) >= 11 is 0. The summed E-state index contributed by atoms with van der Waals surface area (Å²) < 4.78 is 5.76. The van der Waals surface area contributed by atoms with Gasteiger partial charge in [0.15, 0.2) is 5.75 Å². The van der Waals surface area contributed by atoms with E-state index >= 15 is 0 Å². The van der Waals surface area contributed by atoms with Crippen LogP contribution in [0.2, 0.25) is 0 Å². The Bertz CT molecular complexity index is 554. The van der Waals surface area contributed by atoms with Crippen molar-refractivity contribution in [3.05, 3.63) is 41.6 Å². The Morgan fingerprint density at radius 3 is 2.65 bits per heavy atom. The zero-order valence-corrected chi connectivity index (χ0v) is 12.2. The summed E-state index contributed by atoms with van der Waals surface area (Å²) in [5.74, 6) is 1.23. The number of pyridine rings is 1. The van der Waals surface area contributed by atoms with Crippen LogP contribution < -0.4 is 10.1 Å². The van der Waals surface area contributed by atoms with E-state index in [1.165, 1.54) is 0 Å². The second-order valence-electron chi connectivity index (χ2n) is 4.48. The maximum absolute atomic E-state index is 5.76. The van der Waals surface area contributed by atoms with Crippen molar-refractivity contribution >= 4 is 0 Å². The first-order valence-corrected chi connectivity index (χ1v) is 6.89. The molecule has 0 fully saturated rings. The highest BCUT2D eigenvalue weighted by molar-refractivity contribution is 5.32. The predicted octanol–water partition coefficient (Wildman–Crippen LogP) is 2.64. The summed E-state index contributed by atoms with van der Waals surface area (Å²) in [6.45, 7) is 7.71. The molecule has 0 radical (unpaired) electrons. The van der Waals surface area contributed by atoms with Crippen molar-refractivity contribution in [1.29, 1.82) is 0 Å². The molecule has 0 atom stereocenters. The fraction of sp³-hybridized carbons (Fsp3) is 0.400. The number of aryl methyl sites for hydroxylation is 2. The topological polar surface area (TPSA) is 59.9 Å². The third kappa shape index (κ3) is 3.74. The fourth-order valence-corrected chi connectivity index (χ4v) is 1.80. The summed E-state index contributed by atoms with van der Waals surface area (Å²) in [6.07, 6.45) is 4.19. The molecule has 0 spiro atoms. The van der Waals surface area contributed by atoms with Gasteiger partial charge in [-0.3, -0.25) is 9.97 Å². The summed E-state index contributed by atoms with van der Waals surface area (Å²) in [7, 11) is 0. The van der Waals surface area contributed by atoms with Crippen molar-refractivity contribution in [1.82, 2.24) is 20.3 Å². The molecule has 0 aromatic carbocycles. The average molecular weight is 272 g/mol. The standard InChI is InChI=1S/C15H20N4O/c1-4-13-14(7-6-11(3)19-13)20-15-10-17-12(9-18-15)8-16-5-2/h6-7,9-10,16H,4-5,8H2,1-3H3. The molecule has 0 saturated carbocycles. The first-order chi connectivity index (χ1) is 9.72. The van der Waals surface area contributed by atoms with Crippen molar-refractivity contribution < 1.29 is 4.74 Å². The molecular weight excluding hydrogens is 252 g/mol. The minimum Gasteiger partial charge on any atom is -0.436 e. The molecule has 0 bridgehead atoms. The van der Waals surface area contributed by atoms with E-state index in [2.05, 4.69) is 34.1 Å². The summed E-state index contributed by atoms with van der Waals surface area (Å²) in [5.41, 5.74) is 2.82. The number of aromatic nitrogens is 3. The third-order valence-electron chi connectivity index (χ3n) is 2.86. The Hall–Kier alpha value is -2.01. The first kappa shape index (κ1) is 14.4. The SMILES string of the molecule is CCNCc1cnc(Oc2ccc(C)nc2CC)cn1. The molecule has 0 amide bonds. The van der Waals surface area contributed by atoms with Gasteiger partial charge in [-0.2, -0.15) is 0 Å². The van der Waals surface area contributed by atoms with Gasteiger partial charge in [0.1, 0.15) is 0 Å². The van der Waals surface area contributed by atoms with Gasteiger partial charge in [0.25, 0.3) is 0 Å². The van der Waals surface area contributed by atoms with Gasteiger partial charge >= 0.3 is 0 Å². The molecule has 2 heterocycles. The van der Waals surface area contributed by atoms with Gasteiger partial charge in [-0.25, -0.2) is 4.98 Å². The number of nitrogens with one attached hydrogen (secondary N) is 1. The third-order valence-corrected chi connectivity index (χ3v) is 2.86. The second kappa shape index (κ2) is 6.96. The molecule has 2 aromatic rings. The lowest BCUT2D eigenvalue weighted by atomic mass is 10.2. The second-order valence-corrected chi connectivity index (χ2v) is 4.48. The predicted molar refractivity (Wildman–Crippen MR) is 77.8 cm³/mol. The van der Waals surface area contributed by atoms with Crippen molar-refractivity contribution in [2.75, 3.05) is 6.54 Å². The molecule has 20 heavy (non-hydrogen) atoms. The maximum Gasteiger partial charge on any atom is 0.237 e. The minimum absolute atomic E-state index is 0.491. The Kier molecular flexibility index (Phi) is 5.01. The normalized spacial score (nSPS) is 10.6. The molecule has 2 rings (SSSR count). The van der Waals surface area contributed by atoms with Gasteiger partial charge in [0.2, 0.25) is 5.88 Å². The van der Waals surface area contributed by atoms with Crippen LogP contribution in [-0.4, -0.2) is 21.5 Å². The van der Waals surface area contributed by atoms with Crippen LogP contribution in [0.15, 0.2) is 24.5 Å². The van der Waals surface area contributed by atoms with E-state index in [-0.39, 0.29) is 0 Å². The molecule has 5 nitrogen and oxygen atoms in total. The quantitative estimate of drug-likeness (QED) is 0.876. The summed E-state index contributed by atoms with van der Waals surface area (Å²) in [4.78, 5) is 13.0. The van der Waals surface area contributed by atoms with Crippen molar-refractivity contribution in [2.24, 2.45) is 0 Å². The number of ether oxygens (including phenoxy) is 1. The molecule has 0 aliphatic carbocycles. The van der Waals surface area contributed by atoms with Gasteiger partial charge in [0.05, 0.1) is 23.8 Å². The lowest BCUT2D eigenvalue weighted by Crippen LogP contribution is -2.13. The highest BCUT2D eigenvalue weighted by atomic mass is 16.5. The Morgan fingerprint density at radius 2 is 2.00 bits per heavy atom. The van der Waals surface area contributed by atoms with E-state index in [1.807, 2.05) is 19.1 Å². The van der Waals surface area contributed by atoms with E-state index in [4.69, 9.17) is 4.74 Å². The van der Waals surface area contributed by atoms with Crippen molar-refractivity contribution in [2.45, 2.75) is 33.7 Å². The van der Waals surface area contributed by atoms with Gasteiger partial charge in [-0.15, -0.1) is 0 Å². The molecule has 5 heteroatoms. The Morgan fingerprint density at radius 1 is 1.15 bits per heavy atom. The number of hydrogen-bond acceptors (Lipinski definition) is 5. The van der Waals surface area contributed by atoms with Crippen molar-refractivity contribution in [3.8, 4) is 11.6 Å². The van der Waals surface area contributed by atoms with Crippen LogP contribution in [0.3, 0.4) is 0 Å². The van der Waals surface area contributed by atoms with Crippen LogP contribution in [0.1, 0.15) is 30.9 Å². The lowest BCUT2D eigenvalue weighted by molar-refractivity contribution is 0.450. The zero-order valence-electron chi connectivity index (χ0n) is 12.2. The van der Waals surface area contributed by atoms with Crippen LogP contribution in [0.4, 0.5) is 0 Å². The fourth-order valence-electron chi connectivity index (χ4n) is 1.80. The molecule has 2 aromatic heterocycles. The largest absolute Gasteiger partial charge is 0.436 e. The van der Waals surface area contributed by atoms with E-state index in [1.54, 1.807) is 12.4 Å².